The summed E-state index contributed by atoms with van der Waals surface area (Å²) >= 11 is 6.15. The number of nitrogens with one attached hydrogen (secondary N) is 1. The number of halogens is 1. The molecule has 0 bridgehead atoms. The summed E-state index contributed by atoms with van der Waals surface area (Å²) in [5.41, 5.74) is 0.791. The van der Waals surface area contributed by atoms with Crippen LogP contribution in [-0.4, -0.2) is 28.6 Å². The molecule has 1 saturated carbocycles. The maximum absolute atomic E-state index is 12.1. The van der Waals surface area contributed by atoms with E-state index in [2.05, 4.69) is 10.3 Å². The van der Waals surface area contributed by atoms with E-state index in [1.54, 1.807) is 12.3 Å². The number of nitrogens with zero attached hydrogens (tertiary/aromatic N) is 1. The molecule has 1 aromatic heterocycles. The van der Waals surface area contributed by atoms with Gasteiger partial charge in [0, 0.05) is 31.1 Å². The highest BCUT2D eigenvalue weighted by molar-refractivity contribution is 6.33. The minimum atomic E-state index is -0.0298. The molecule has 3 rings (SSSR count). The zero-order valence-electron chi connectivity index (χ0n) is 13.4. The van der Waals surface area contributed by atoms with Crippen LogP contribution in [0, 0.1) is 5.92 Å². The van der Waals surface area contributed by atoms with Gasteiger partial charge in [0.2, 0.25) is 5.91 Å². The zero-order valence-corrected chi connectivity index (χ0v) is 14.1. The molecule has 24 heavy (non-hydrogen) atoms. The summed E-state index contributed by atoms with van der Waals surface area (Å²) in [6.07, 6.45) is 5.26. The smallest absolute Gasteiger partial charge is 0.220 e. The van der Waals surface area contributed by atoms with Gasteiger partial charge in [-0.1, -0.05) is 23.7 Å². The molecular formula is C18H21ClN2O3. The zero-order chi connectivity index (χ0) is 16.9. The van der Waals surface area contributed by atoms with Crippen molar-refractivity contribution in [2.45, 2.75) is 38.1 Å². The number of aliphatic hydroxyl groups is 1. The first kappa shape index (κ1) is 17.0. The van der Waals surface area contributed by atoms with Gasteiger partial charge in [-0.25, -0.2) is 4.98 Å². The van der Waals surface area contributed by atoms with E-state index >= 15 is 0 Å². The first-order valence-electron chi connectivity index (χ1n) is 8.27. The molecular weight excluding hydrogens is 328 g/mol. The van der Waals surface area contributed by atoms with Gasteiger partial charge in [0.15, 0.2) is 11.7 Å². The number of benzene rings is 1. The van der Waals surface area contributed by atoms with Gasteiger partial charge in [-0.15, -0.1) is 0 Å². The summed E-state index contributed by atoms with van der Waals surface area (Å²) < 4.78 is 5.70. The van der Waals surface area contributed by atoms with Gasteiger partial charge in [0.25, 0.3) is 0 Å². The first-order chi connectivity index (χ1) is 11.7. The highest BCUT2D eigenvalue weighted by atomic mass is 35.5. The lowest BCUT2D eigenvalue weighted by molar-refractivity contribution is -0.122. The van der Waals surface area contributed by atoms with Crippen LogP contribution in [-0.2, 0) is 11.2 Å². The molecule has 1 aliphatic carbocycles. The second-order valence-corrected chi connectivity index (χ2v) is 6.53. The van der Waals surface area contributed by atoms with E-state index in [9.17, 15) is 4.79 Å². The fourth-order valence-electron chi connectivity index (χ4n) is 2.77. The van der Waals surface area contributed by atoms with E-state index < -0.39 is 0 Å². The minimum Gasteiger partial charge on any atom is -0.441 e. The van der Waals surface area contributed by atoms with Crippen molar-refractivity contribution in [2.24, 2.45) is 5.92 Å². The Morgan fingerprint density at radius 2 is 2.21 bits per heavy atom. The van der Waals surface area contributed by atoms with Gasteiger partial charge in [-0.2, -0.15) is 0 Å². The number of amides is 1. The molecule has 0 radical (unpaired) electrons. The standard InChI is InChI=1S/C18H21ClN2O3/c19-14-4-2-1-3-13(14)16-11-20-18(24-16)8-7-17(23)21-15(9-10-22)12-5-6-12/h1-4,11-12,15,22H,5-10H2,(H,21,23). The third-order valence-corrected chi connectivity index (χ3v) is 4.57. The fourth-order valence-corrected chi connectivity index (χ4v) is 3.00. The maximum Gasteiger partial charge on any atom is 0.220 e. The Hall–Kier alpha value is -1.85. The van der Waals surface area contributed by atoms with Crippen molar-refractivity contribution < 1.29 is 14.3 Å². The lowest BCUT2D eigenvalue weighted by atomic mass is 10.1. The third-order valence-electron chi connectivity index (χ3n) is 4.24. The molecule has 1 heterocycles. The van der Waals surface area contributed by atoms with Crippen LogP contribution in [0.15, 0.2) is 34.9 Å². The van der Waals surface area contributed by atoms with Crippen molar-refractivity contribution in [3.8, 4) is 11.3 Å². The number of carbonyl (C=O) groups is 1. The molecule has 0 aliphatic heterocycles. The average Bonchev–Trinajstić information content (AvgIpc) is 3.32. The molecule has 128 valence electrons. The summed E-state index contributed by atoms with van der Waals surface area (Å²) in [4.78, 5) is 16.3. The monoisotopic (exact) mass is 348 g/mol. The van der Waals surface area contributed by atoms with Crippen LogP contribution in [0.1, 0.15) is 31.6 Å². The number of aliphatic hydroxyl groups excluding tert-OH is 1. The topological polar surface area (TPSA) is 75.4 Å². The van der Waals surface area contributed by atoms with Gasteiger partial charge < -0.3 is 14.8 Å². The van der Waals surface area contributed by atoms with Crippen molar-refractivity contribution in [3.63, 3.8) is 0 Å². The Morgan fingerprint density at radius 1 is 1.42 bits per heavy atom. The van der Waals surface area contributed by atoms with Gasteiger partial charge in [-0.3, -0.25) is 4.79 Å². The molecule has 0 spiro atoms. The predicted molar refractivity (Wildman–Crippen MR) is 91.6 cm³/mol. The van der Waals surface area contributed by atoms with Crippen molar-refractivity contribution in [2.75, 3.05) is 6.61 Å². The number of aryl methyl sites for hydroxylation is 1. The average molecular weight is 349 g/mol. The number of hydrogen-bond donors (Lipinski definition) is 2. The summed E-state index contributed by atoms with van der Waals surface area (Å²) in [5.74, 6) is 1.62. The Morgan fingerprint density at radius 3 is 2.92 bits per heavy atom. The number of hydrogen-bond acceptors (Lipinski definition) is 4. The largest absolute Gasteiger partial charge is 0.441 e. The molecule has 2 aromatic rings. The maximum atomic E-state index is 12.1. The molecule has 1 unspecified atom stereocenters. The van der Waals surface area contributed by atoms with E-state index in [1.807, 2.05) is 18.2 Å². The number of aromatic nitrogens is 1. The second-order valence-electron chi connectivity index (χ2n) is 6.12. The third kappa shape index (κ3) is 4.36. The highest BCUT2D eigenvalue weighted by Gasteiger charge is 2.31. The molecule has 0 saturated heterocycles. The summed E-state index contributed by atoms with van der Waals surface area (Å²) in [6, 6.07) is 7.50. The Bertz CT molecular complexity index is 697. The van der Waals surface area contributed by atoms with Crippen LogP contribution in [0.2, 0.25) is 5.02 Å². The van der Waals surface area contributed by atoms with Gasteiger partial charge in [0.1, 0.15) is 0 Å². The quantitative estimate of drug-likeness (QED) is 0.768. The molecule has 1 amide bonds. The molecule has 2 N–H and O–H groups in total. The van der Waals surface area contributed by atoms with E-state index in [1.165, 1.54) is 0 Å². The van der Waals surface area contributed by atoms with Crippen LogP contribution in [0.5, 0.6) is 0 Å². The SMILES string of the molecule is O=C(CCc1ncc(-c2ccccc2Cl)o1)NC(CCO)C1CC1. The van der Waals surface area contributed by atoms with Crippen LogP contribution < -0.4 is 5.32 Å². The second kappa shape index (κ2) is 7.81. The molecule has 6 heteroatoms. The highest BCUT2D eigenvalue weighted by Crippen LogP contribution is 2.34. The van der Waals surface area contributed by atoms with Crippen LogP contribution in [0.3, 0.4) is 0 Å². The predicted octanol–water partition coefficient (Wildman–Crippen LogP) is 3.20. The molecule has 1 fully saturated rings. The van der Waals surface area contributed by atoms with Gasteiger partial charge in [0.05, 0.1) is 11.2 Å². The normalized spacial score (nSPS) is 15.2. The van der Waals surface area contributed by atoms with Crippen molar-refractivity contribution >= 4 is 17.5 Å². The van der Waals surface area contributed by atoms with E-state index in [-0.39, 0.29) is 18.6 Å². The lowest BCUT2D eigenvalue weighted by Crippen LogP contribution is -2.37. The molecule has 1 aromatic carbocycles. The number of carbonyl (C=O) groups excluding carboxylic acids is 1. The van der Waals surface area contributed by atoms with E-state index in [4.69, 9.17) is 21.1 Å². The number of oxazole rings is 1. The number of rotatable bonds is 8. The molecule has 1 aliphatic rings. The van der Waals surface area contributed by atoms with Crippen molar-refractivity contribution in [3.05, 3.63) is 41.4 Å². The Labute approximate surface area is 146 Å². The minimum absolute atomic E-state index is 0.0298. The molecule has 5 nitrogen and oxygen atoms in total. The summed E-state index contributed by atoms with van der Waals surface area (Å²) in [7, 11) is 0. The Kier molecular flexibility index (Phi) is 5.53. The van der Waals surface area contributed by atoms with Crippen LogP contribution >= 0.6 is 11.6 Å². The molecule has 1 atom stereocenters. The van der Waals surface area contributed by atoms with Gasteiger partial charge in [-0.05, 0) is 37.3 Å². The van der Waals surface area contributed by atoms with E-state index in [0.29, 0.717) is 41.9 Å². The summed E-state index contributed by atoms with van der Waals surface area (Å²) in [6.45, 7) is 0.0996. The lowest BCUT2D eigenvalue weighted by Gasteiger charge is -2.16. The van der Waals surface area contributed by atoms with Crippen LogP contribution in [0.4, 0.5) is 0 Å². The van der Waals surface area contributed by atoms with Crippen molar-refractivity contribution in [1.82, 2.24) is 10.3 Å². The van der Waals surface area contributed by atoms with E-state index in [0.717, 1.165) is 18.4 Å². The Balaban J connectivity index is 1.53. The fraction of sp³-hybridized carbons (Fsp3) is 0.444. The first-order valence-corrected chi connectivity index (χ1v) is 8.65. The van der Waals surface area contributed by atoms with Crippen molar-refractivity contribution in [1.29, 1.82) is 0 Å². The van der Waals surface area contributed by atoms with Gasteiger partial charge >= 0.3 is 0 Å². The summed E-state index contributed by atoms with van der Waals surface area (Å²) in [5, 5.41) is 12.7. The van der Waals surface area contributed by atoms with Crippen LogP contribution in [0.25, 0.3) is 11.3 Å².